The number of aromatic nitrogens is 2. The van der Waals surface area contributed by atoms with Gasteiger partial charge in [-0.15, -0.1) is 0 Å². The van der Waals surface area contributed by atoms with Crippen molar-refractivity contribution in [3.05, 3.63) is 187 Å². The van der Waals surface area contributed by atoms with Crippen LogP contribution in [0, 0.1) is 6.92 Å². The Kier molecular flexibility index (Phi) is 11.1. The molecule has 0 atom stereocenters. The second-order valence-corrected chi connectivity index (χ2v) is 12.2. The Hall–Kier alpha value is -6.26. The fraction of sp³-hybridized carbons (Fsp3) is 0.106. The van der Waals surface area contributed by atoms with Crippen molar-refractivity contribution >= 4 is 50.2 Å². The van der Waals surface area contributed by atoms with Crippen molar-refractivity contribution in [2.24, 2.45) is 0 Å². The smallest absolute Gasteiger partial charge is 0.0562 e. The van der Waals surface area contributed by atoms with Crippen molar-refractivity contribution in [1.82, 2.24) is 9.13 Å². The largest absolute Gasteiger partial charge is 0.399 e. The maximum atomic E-state index is 5.36. The van der Waals surface area contributed by atoms with E-state index in [4.69, 9.17) is 5.73 Å². The lowest BCUT2D eigenvalue weighted by Gasteiger charge is -2.13. The van der Waals surface area contributed by atoms with Crippen LogP contribution in [0.3, 0.4) is 0 Å². The molecule has 0 fully saturated rings. The number of aryl methyl sites for hydroxylation is 1. The van der Waals surface area contributed by atoms with Gasteiger partial charge in [-0.05, 0) is 92.7 Å². The van der Waals surface area contributed by atoms with Gasteiger partial charge < -0.3 is 20.2 Å². The minimum Gasteiger partial charge on any atom is -0.399 e. The quantitative estimate of drug-likeness (QED) is 0.184. The monoisotopic (exact) mass is 666 g/mol. The van der Waals surface area contributed by atoms with E-state index in [1.165, 1.54) is 60.9 Å². The van der Waals surface area contributed by atoms with E-state index >= 15 is 0 Å². The average molecular weight is 667 g/mol. The van der Waals surface area contributed by atoms with Crippen molar-refractivity contribution in [3.63, 3.8) is 0 Å². The SMILES string of the molecule is C=CNc1ccccc1.CC.Cc1ccc(-n2c3ccccc3c3cc4c5c(n(-c6ccccc6)c4cc32)CCC=C5)cc1.Nc1ccccc1. The highest BCUT2D eigenvalue weighted by Gasteiger charge is 2.21. The first-order valence-electron chi connectivity index (χ1n) is 17.7. The molecular weight excluding hydrogens is 621 g/mol. The van der Waals surface area contributed by atoms with Crippen LogP contribution >= 0.6 is 0 Å². The molecule has 0 saturated carbocycles. The van der Waals surface area contributed by atoms with Gasteiger partial charge in [0.05, 0.1) is 16.6 Å². The summed E-state index contributed by atoms with van der Waals surface area (Å²) in [6.07, 6.45) is 8.46. The second kappa shape index (κ2) is 16.4. The Balaban J connectivity index is 0.000000205. The molecule has 2 heterocycles. The molecule has 8 aromatic rings. The lowest BCUT2D eigenvalue weighted by Crippen LogP contribution is -2.02. The van der Waals surface area contributed by atoms with Gasteiger partial charge in [-0.2, -0.15) is 0 Å². The molecule has 2 aromatic heterocycles. The Labute approximate surface area is 301 Å². The number of fused-ring (bicyclic) bond motifs is 6. The number of nitrogens with zero attached hydrogens (tertiary/aromatic N) is 2. The number of hydrogen-bond donors (Lipinski definition) is 2. The zero-order chi connectivity index (χ0) is 35.6. The molecule has 0 aliphatic heterocycles. The van der Waals surface area contributed by atoms with Crippen LogP contribution in [0.4, 0.5) is 11.4 Å². The number of para-hydroxylation sites is 4. The summed E-state index contributed by atoms with van der Waals surface area (Å²) in [4.78, 5) is 0. The van der Waals surface area contributed by atoms with Crippen LogP contribution in [0.2, 0.25) is 0 Å². The molecule has 1 aliphatic rings. The Morgan fingerprint density at radius 3 is 1.84 bits per heavy atom. The zero-order valence-corrected chi connectivity index (χ0v) is 29.8. The van der Waals surface area contributed by atoms with Gasteiger partial charge in [0.1, 0.15) is 0 Å². The maximum absolute atomic E-state index is 5.36. The molecule has 4 nitrogen and oxygen atoms in total. The van der Waals surface area contributed by atoms with Gasteiger partial charge in [0.25, 0.3) is 0 Å². The molecular formula is C47H46N4. The molecule has 9 rings (SSSR count). The van der Waals surface area contributed by atoms with E-state index in [9.17, 15) is 0 Å². The molecule has 254 valence electrons. The molecule has 1 aliphatic carbocycles. The second-order valence-electron chi connectivity index (χ2n) is 12.2. The first-order valence-corrected chi connectivity index (χ1v) is 17.7. The first-order chi connectivity index (χ1) is 25.1. The number of benzene rings is 6. The van der Waals surface area contributed by atoms with Gasteiger partial charge in [-0.1, -0.05) is 123 Å². The van der Waals surface area contributed by atoms with E-state index in [-0.39, 0.29) is 0 Å². The summed E-state index contributed by atoms with van der Waals surface area (Å²) in [7, 11) is 0. The number of anilines is 2. The molecule has 0 bridgehead atoms. The third-order valence-electron chi connectivity index (χ3n) is 8.88. The molecule has 3 N–H and O–H groups in total. The summed E-state index contributed by atoms with van der Waals surface area (Å²) >= 11 is 0. The van der Waals surface area contributed by atoms with Crippen molar-refractivity contribution in [2.75, 3.05) is 11.1 Å². The van der Waals surface area contributed by atoms with Crippen molar-refractivity contribution in [2.45, 2.75) is 33.6 Å². The molecule has 51 heavy (non-hydrogen) atoms. The maximum Gasteiger partial charge on any atom is 0.0562 e. The standard InChI is InChI=1S/C31H24N2.C8H9N.C6H7N.C2H6/c1-21-15-17-23(18-16-21)33-29-14-8-6-12-25(29)27-19-26-24-11-5-7-13-28(24)32(30(26)20-31(27)33)22-9-3-2-4-10-22;1-2-9-8-6-4-3-5-7-8;7-6-4-2-1-3-5-6;1-2/h2-6,8-12,14-20H,7,13H2,1H3;2-7,9H,1H2;1-5H,7H2;1-2H3. The van der Waals surface area contributed by atoms with Crippen LogP contribution in [0.25, 0.3) is 50.2 Å². The summed E-state index contributed by atoms with van der Waals surface area (Å²) in [5.41, 5.74) is 17.5. The number of nitrogens with one attached hydrogen (secondary N) is 1. The van der Waals surface area contributed by atoms with E-state index in [1.807, 2.05) is 74.5 Å². The lowest BCUT2D eigenvalue weighted by molar-refractivity contribution is 0.888. The Morgan fingerprint density at radius 2 is 1.20 bits per heavy atom. The molecule has 0 saturated heterocycles. The third kappa shape index (κ3) is 7.51. The molecule has 0 radical (unpaired) electrons. The summed E-state index contributed by atoms with van der Waals surface area (Å²) < 4.78 is 4.89. The summed E-state index contributed by atoms with van der Waals surface area (Å²) in [5, 5.41) is 6.92. The minimum atomic E-state index is 0.822. The van der Waals surface area contributed by atoms with Gasteiger partial charge in [-0.3, -0.25) is 0 Å². The lowest BCUT2D eigenvalue weighted by atomic mass is 10.0. The molecule has 0 spiro atoms. The van der Waals surface area contributed by atoms with E-state index < -0.39 is 0 Å². The normalized spacial score (nSPS) is 11.4. The predicted octanol–water partition coefficient (Wildman–Crippen LogP) is 12.5. The number of rotatable bonds is 4. The van der Waals surface area contributed by atoms with Crippen molar-refractivity contribution < 1.29 is 0 Å². The molecule has 0 unspecified atom stereocenters. The van der Waals surface area contributed by atoms with Crippen LogP contribution in [-0.2, 0) is 6.42 Å². The predicted molar refractivity (Wildman–Crippen MR) is 222 cm³/mol. The number of hydrogen-bond acceptors (Lipinski definition) is 2. The zero-order valence-electron chi connectivity index (χ0n) is 29.8. The number of nitrogens with two attached hydrogens (primary N) is 1. The average Bonchev–Trinajstić information content (AvgIpc) is 3.69. The van der Waals surface area contributed by atoms with Crippen LogP contribution in [0.1, 0.15) is 37.1 Å². The third-order valence-corrected chi connectivity index (χ3v) is 8.88. The van der Waals surface area contributed by atoms with Crippen LogP contribution in [-0.4, -0.2) is 9.13 Å². The van der Waals surface area contributed by atoms with Gasteiger partial charge in [0.2, 0.25) is 0 Å². The Morgan fingerprint density at radius 1 is 0.608 bits per heavy atom. The van der Waals surface area contributed by atoms with Crippen molar-refractivity contribution in [1.29, 1.82) is 0 Å². The molecule has 0 amide bonds. The first kappa shape index (κ1) is 34.6. The van der Waals surface area contributed by atoms with Gasteiger partial charge in [0, 0.05) is 50.2 Å². The van der Waals surface area contributed by atoms with Gasteiger partial charge in [-0.25, -0.2) is 0 Å². The van der Waals surface area contributed by atoms with Crippen LogP contribution in [0.15, 0.2) is 171 Å². The van der Waals surface area contributed by atoms with Crippen LogP contribution < -0.4 is 11.1 Å². The molecule has 4 heteroatoms. The van der Waals surface area contributed by atoms with E-state index in [1.54, 1.807) is 6.20 Å². The van der Waals surface area contributed by atoms with E-state index in [2.05, 4.69) is 131 Å². The van der Waals surface area contributed by atoms with Gasteiger partial charge >= 0.3 is 0 Å². The minimum absolute atomic E-state index is 0.822. The fourth-order valence-corrected chi connectivity index (χ4v) is 6.63. The number of allylic oxidation sites excluding steroid dienone is 1. The fourth-order valence-electron chi connectivity index (χ4n) is 6.63. The highest BCUT2D eigenvalue weighted by atomic mass is 15.0. The number of nitrogen functional groups attached to an aromatic ring is 1. The molecule has 6 aromatic carbocycles. The highest BCUT2D eigenvalue weighted by molar-refractivity contribution is 6.14. The van der Waals surface area contributed by atoms with E-state index in [0.717, 1.165) is 24.2 Å². The summed E-state index contributed by atoms with van der Waals surface area (Å²) in [6.45, 7) is 9.69. The summed E-state index contributed by atoms with van der Waals surface area (Å²) in [6, 6.07) is 52.7. The van der Waals surface area contributed by atoms with Crippen LogP contribution in [0.5, 0.6) is 0 Å². The topological polar surface area (TPSA) is 47.9 Å². The Bertz CT molecular complexity index is 2360. The van der Waals surface area contributed by atoms with E-state index in [0.29, 0.717) is 0 Å². The van der Waals surface area contributed by atoms with Gasteiger partial charge in [0.15, 0.2) is 0 Å². The summed E-state index contributed by atoms with van der Waals surface area (Å²) in [5.74, 6) is 0. The van der Waals surface area contributed by atoms with Crippen molar-refractivity contribution in [3.8, 4) is 11.4 Å². The highest BCUT2D eigenvalue weighted by Crippen LogP contribution is 2.40.